The number of benzene rings is 3. The van der Waals surface area contributed by atoms with Crippen LogP contribution in [0.15, 0.2) is 77.7 Å². The Hall–Kier alpha value is -3.13. The van der Waals surface area contributed by atoms with E-state index in [0.29, 0.717) is 32.2 Å². The summed E-state index contributed by atoms with van der Waals surface area (Å²) >= 11 is 13.1. The Labute approximate surface area is 225 Å². The number of halogens is 1. The average molecular weight is 537 g/mol. The van der Waals surface area contributed by atoms with Crippen molar-refractivity contribution >= 4 is 63.5 Å². The number of anilines is 1. The van der Waals surface area contributed by atoms with Gasteiger partial charge in [0.15, 0.2) is 6.61 Å². The Kier molecular flexibility index (Phi) is 8.80. The van der Waals surface area contributed by atoms with Crippen LogP contribution in [0, 0.1) is 0 Å². The highest BCUT2D eigenvalue weighted by molar-refractivity contribution is 8.26. The van der Waals surface area contributed by atoms with Crippen LogP contribution in [-0.2, 0) is 22.4 Å². The topological polar surface area (TPSA) is 58.6 Å². The van der Waals surface area contributed by atoms with E-state index in [2.05, 4.69) is 12.2 Å². The van der Waals surface area contributed by atoms with E-state index in [4.69, 9.17) is 28.6 Å². The first-order valence-corrected chi connectivity index (χ1v) is 13.1. The van der Waals surface area contributed by atoms with Gasteiger partial charge in [0.05, 0.1) is 9.93 Å². The van der Waals surface area contributed by atoms with Crippen molar-refractivity contribution in [3.63, 3.8) is 0 Å². The van der Waals surface area contributed by atoms with E-state index in [1.165, 1.54) is 17.3 Å². The number of hydrogen-bond acceptors (Lipinski definition) is 5. The van der Waals surface area contributed by atoms with Crippen LogP contribution >= 0.6 is 35.6 Å². The van der Waals surface area contributed by atoms with Gasteiger partial charge >= 0.3 is 0 Å². The average Bonchev–Trinajstić information content (AvgIpc) is 3.15. The molecule has 1 N–H and O–H groups in total. The van der Waals surface area contributed by atoms with Gasteiger partial charge in [-0.15, -0.1) is 0 Å². The van der Waals surface area contributed by atoms with Crippen LogP contribution in [0.3, 0.4) is 0 Å². The Balaban J connectivity index is 1.33. The summed E-state index contributed by atoms with van der Waals surface area (Å²) in [5, 5.41) is 3.15. The molecule has 3 aromatic carbocycles. The molecule has 1 heterocycles. The maximum atomic E-state index is 12.9. The summed E-state index contributed by atoms with van der Waals surface area (Å²) < 4.78 is 6.15. The Morgan fingerprint density at radius 1 is 1.08 bits per heavy atom. The van der Waals surface area contributed by atoms with Crippen molar-refractivity contribution in [2.45, 2.75) is 19.8 Å². The third-order valence-corrected chi connectivity index (χ3v) is 7.27. The van der Waals surface area contributed by atoms with Gasteiger partial charge in [-0.25, -0.2) is 0 Å². The number of carbonyl (C=O) groups is 2. The van der Waals surface area contributed by atoms with Crippen LogP contribution in [0.2, 0.25) is 5.02 Å². The number of thioether (sulfide) groups is 1. The van der Waals surface area contributed by atoms with Crippen molar-refractivity contribution in [1.82, 2.24) is 4.90 Å². The van der Waals surface area contributed by atoms with Crippen molar-refractivity contribution < 1.29 is 14.3 Å². The lowest BCUT2D eigenvalue weighted by molar-refractivity contribution is -0.122. The van der Waals surface area contributed by atoms with E-state index in [-0.39, 0.29) is 18.4 Å². The van der Waals surface area contributed by atoms with Gasteiger partial charge < -0.3 is 10.1 Å². The summed E-state index contributed by atoms with van der Waals surface area (Å²) in [7, 11) is 0. The van der Waals surface area contributed by atoms with Crippen molar-refractivity contribution in [2.75, 3.05) is 18.5 Å². The third-order valence-electron chi connectivity index (χ3n) is 5.60. The second-order valence-corrected chi connectivity index (χ2v) is 10.2. The number of aryl methyl sites for hydroxylation is 1. The number of thiocarbonyl (C=S) groups is 1. The summed E-state index contributed by atoms with van der Waals surface area (Å²) in [5.41, 5.74) is 3.81. The molecule has 2 amide bonds. The van der Waals surface area contributed by atoms with Gasteiger partial charge in [-0.2, -0.15) is 0 Å². The summed E-state index contributed by atoms with van der Waals surface area (Å²) in [5.74, 6) is 0.000275. The molecule has 5 nitrogen and oxygen atoms in total. The number of nitrogens with one attached hydrogen (secondary N) is 1. The predicted octanol–water partition coefficient (Wildman–Crippen LogP) is 6.36. The van der Waals surface area contributed by atoms with Gasteiger partial charge in [-0.05, 0) is 59.9 Å². The second kappa shape index (κ2) is 12.2. The largest absolute Gasteiger partial charge is 0.482 e. The third kappa shape index (κ3) is 6.75. The van der Waals surface area contributed by atoms with Gasteiger partial charge in [0.1, 0.15) is 10.1 Å². The SMILES string of the molecule is CCc1ccc(NC(=O)COc2ccc(/C=C3\SC(=S)N(CCc4ccccc4)C3=O)cc2Cl)cc1. The number of amides is 2. The highest BCUT2D eigenvalue weighted by atomic mass is 35.5. The molecule has 3 aromatic rings. The van der Waals surface area contributed by atoms with Gasteiger partial charge in [0.25, 0.3) is 11.8 Å². The molecular formula is C28H25ClN2O3S2. The fraction of sp³-hybridized carbons (Fsp3) is 0.179. The molecular weight excluding hydrogens is 512 g/mol. The molecule has 0 radical (unpaired) electrons. The lowest BCUT2D eigenvalue weighted by Crippen LogP contribution is -2.30. The number of carbonyl (C=O) groups excluding carboxylic acids is 2. The monoisotopic (exact) mass is 536 g/mol. The van der Waals surface area contributed by atoms with Gasteiger partial charge in [-0.3, -0.25) is 14.5 Å². The second-order valence-electron chi connectivity index (χ2n) is 8.15. The fourth-order valence-electron chi connectivity index (χ4n) is 3.62. The van der Waals surface area contributed by atoms with Crippen molar-refractivity contribution in [3.05, 3.63) is 99.4 Å². The van der Waals surface area contributed by atoms with Crippen LogP contribution in [0.4, 0.5) is 5.69 Å². The molecule has 0 atom stereocenters. The van der Waals surface area contributed by atoms with E-state index in [9.17, 15) is 9.59 Å². The first kappa shape index (κ1) is 25.9. The van der Waals surface area contributed by atoms with Crippen LogP contribution in [-0.4, -0.2) is 34.2 Å². The molecule has 0 aliphatic carbocycles. The summed E-state index contributed by atoms with van der Waals surface area (Å²) in [4.78, 5) is 27.3. The molecule has 1 aliphatic heterocycles. The van der Waals surface area contributed by atoms with Crippen molar-refractivity contribution in [1.29, 1.82) is 0 Å². The first-order valence-electron chi connectivity index (χ1n) is 11.5. The molecule has 0 aromatic heterocycles. The summed E-state index contributed by atoms with van der Waals surface area (Å²) in [6.45, 7) is 2.44. The summed E-state index contributed by atoms with van der Waals surface area (Å²) in [6, 6.07) is 22.9. The Morgan fingerprint density at radius 3 is 2.53 bits per heavy atom. The minimum absolute atomic E-state index is 0.110. The molecule has 1 saturated heterocycles. The highest BCUT2D eigenvalue weighted by Crippen LogP contribution is 2.34. The normalized spacial score (nSPS) is 14.4. The number of rotatable bonds is 9. The molecule has 184 valence electrons. The zero-order valence-corrected chi connectivity index (χ0v) is 22.1. The molecule has 36 heavy (non-hydrogen) atoms. The zero-order chi connectivity index (χ0) is 25.5. The Morgan fingerprint density at radius 2 is 1.83 bits per heavy atom. The van der Waals surface area contributed by atoms with Crippen LogP contribution in [0.25, 0.3) is 6.08 Å². The maximum Gasteiger partial charge on any atom is 0.266 e. The van der Waals surface area contributed by atoms with Gasteiger partial charge in [-0.1, -0.05) is 91.0 Å². The molecule has 0 bridgehead atoms. The number of nitrogens with zero attached hydrogens (tertiary/aromatic N) is 1. The highest BCUT2D eigenvalue weighted by Gasteiger charge is 2.31. The van der Waals surface area contributed by atoms with E-state index in [1.807, 2.05) is 54.6 Å². The van der Waals surface area contributed by atoms with Crippen molar-refractivity contribution in [3.8, 4) is 5.75 Å². The minimum atomic E-state index is -0.279. The van der Waals surface area contributed by atoms with E-state index >= 15 is 0 Å². The predicted molar refractivity (Wildman–Crippen MR) is 151 cm³/mol. The quantitative estimate of drug-likeness (QED) is 0.254. The standard InChI is InChI=1S/C28H25ClN2O3S2/c1-2-19-8-11-22(12-9-19)30-26(32)18-34-24-13-10-21(16-23(24)29)17-25-27(33)31(28(35)36-25)15-14-20-6-4-3-5-7-20/h3-13,16-17H,2,14-15,18H2,1H3,(H,30,32)/b25-17-. The molecule has 4 rings (SSSR count). The van der Waals surface area contributed by atoms with Crippen molar-refractivity contribution in [2.24, 2.45) is 0 Å². The maximum absolute atomic E-state index is 12.9. The van der Waals surface area contributed by atoms with E-state index in [1.54, 1.807) is 29.2 Å². The first-order chi connectivity index (χ1) is 17.4. The van der Waals surface area contributed by atoms with Crippen LogP contribution in [0.1, 0.15) is 23.6 Å². The zero-order valence-electron chi connectivity index (χ0n) is 19.7. The van der Waals surface area contributed by atoms with E-state index < -0.39 is 0 Å². The fourth-order valence-corrected chi connectivity index (χ4v) is 5.17. The summed E-state index contributed by atoms with van der Waals surface area (Å²) in [6.07, 6.45) is 3.44. The smallest absolute Gasteiger partial charge is 0.266 e. The van der Waals surface area contributed by atoms with E-state index in [0.717, 1.165) is 24.0 Å². The molecule has 8 heteroatoms. The molecule has 0 unspecified atom stereocenters. The lowest BCUT2D eigenvalue weighted by atomic mass is 10.1. The molecule has 0 spiro atoms. The molecule has 1 fully saturated rings. The number of hydrogen-bond donors (Lipinski definition) is 1. The van der Waals surface area contributed by atoms with Crippen LogP contribution < -0.4 is 10.1 Å². The number of ether oxygens (including phenoxy) is 1. The molecule has 1 aliphatic rings. The van der Waals surface area contributed by atoms with Crippen LogP contribution in [0.5, 0.6) is 5.75 Å². The van der Waals surface area contributed by atoms with Gasteiger partial charge in [0.2, 0.25) is 0 Å². The van der Waals surface area contributed by atoms with Gasteiger partial charge in [0, 0.05) is 12.2 Å². The molecule has 0 saturated carbocycles. The lowest BCUT2D eigenvalue weighted by Gasteiger charge is -2.14. The minimum Gasteiger partial charge on any atom is -0.482 e. The Bertz CT molecular complexity index is 1290.